The van der Waals surface area contributed by atoms with Gasteiger partial charge in [0, 0.05) is 17.2 Å². The molecule has 0 saturated heterocycles. The maximum absolute atomic E-state index is 13.3. The van der Waals surface area contributed by atoms with E-state index < -0.39 is 0 Å². The first-order valence-electron chi connectivity index (χ1n) is 11.9. The Morgan fingerprint density at radius 2 is 1.52 bits per heavy atom. The summed E-state index contributed by atoms with van der Waals surface area (Å²) in [5.74, 6) is -0.472. The van der Waals surface area contributed by atoms with E-state index in [0.29, 0.717) is 23.6 Å². The van der Waals surface area contributed by atoms with E-state index in [9.17, 15) is 9.59 Å². The third-order valence-electron chi connectivity index (χ3n) is 6.20. The van der Waals surface area contributed by atoms with Crippen LogP contribution in [0.15, 0.2) is 60.7 Å². The van der Waals surface area contributed by atoms with E-state index in [2.05, 4.69) is 29.6 Å². The minimum atomic E-state index is -0.325. The number of carbonyl (C=O) groups is 2. The number of thiophene rings is 1. The summed E-state index contributed by atoms with van der Waals surface area (Å²) in [5.41, 5.74) is 3.85. The lowest BCUT2D eigenvalue weighted by Gasteiger charge is -2.18. The van der Waals surface area contributed by atoms with Crippen LogP contribution in [0, 0.1) is 0 Å². The van der Waals surface area contributed by atoms with Gasteiger partial charge in [-0.2, -0.15) is 0 Å². The lowest BCUT2D eigenvalue weighted by atomic mass is 9.88. The van der Waals surface area contributed by atoms with Crippen LogP contribution in [0.5, 0.6) is 0 Å². The van der Waals surface area contributed by atoms with Crippen molar-refractivity contribution < 1.29 is 14.3 Å². The first kappa shape index (κ1) is 23.2. The van der Waals surface area contributed by atoms with Gasteiger partial charge in [0.1, 0.15) is 5.00 Å². The third-order valence-corrected chi connectivity index (χ3v) is 7.40. The lowest BCUT2D eigenvalue weighted by molar-refractivity contribution is -0.116. The van der Waals surface area contributed by atoms with Crippen molar-refractivity contribution in [2.24, 2.45) is 0 Å². The fourth-order valence-electron chi connectivity index (χ4n) is 4.59. The molecule has 33 heavy (non-hydrogen) atoms. The fraction of sp³-hybridized carbons (Fsp3) is 0.357. The van der Waals surface area contributed by atoms with E-state index in [1.54, 1.807) is 11.3 Å². The Bertz CT molecular complexity index is 1040. The summed E-state index contributed by atoms with van der Waals surface area (Å²) >= 11 is 1.55. The summed E-state index contributed by atoms with van der Waals surface area (Å²) in [5, 5.41) is 3.74. The molecule has 2 aromatic carbocycles. The largest absolute Gasteiger partial charge is 0.462 e. The van der Waals surface area contributed by atoms with Crippen molar-refractivity contribution in [3.05, 3.63) is 87.8 Å². The first-order chi connectivity index (χ1) is 16.2. The molecule has 0 fully saturated rings. The third kappa shape index (κ3) is 5.72. The number of fused-ring (bicyclic) bond motifs is 1. The SMILES string of the molecule is CCOC(=O)c1c(NC(=O)CC(c2ccccc2)c2ccccc2)sc2c1CCCCCC2. The molecule has 1 aliphatic carbocycles. The molecule has 4 nitrogen and oxygen atoms in total. The number of esters is 1. The Morgan fingerprint density at radius 3 is 2.12 bits per heavy atom. The number of nitrogens with one attached hydrogen (secondary N) is 1. The molecule has 0 spiro atoms. The van der Waals surface area contributed by atoms with Gasteiger partial charge in [-0.05, 0) is 49.3 Å². The van der Waals surface area contributed by atoms with Gasteiger partial charge in [-0.1, -0.05) is 73.5 Å². The van der Waals surface area contributed by atoms with Crippen LogP contribution in [0.4, 0.5) is 5.00 Å². The number of benzene rings is 2. The second-order valence-electron chi connectivity index (χ2n) is 8.47. The van der Waals surface area contributed by atoms with Crippen LogP contribution in [0.25, 0.3) is 0 Å². The van der Waals surface area contributed by atoms with Crippen LogP contribution in [0.3, 0.4) is 0 Å². The zero-order chi connectivity index (χ0) is 23.0. The van der Waals surface area contributed by atoms with E-state index >= 15 is 0 Å². The van der Waals surface area contributed by atoms with E-state index in [4.69, 9.17) is 4.74 Å². The van der Waals surface area contributed by atoms with Gasteiger partial charge in [-0.15, -0.1) is 11.3 Å². The van der Waals surface area contributed by atoms with Gasteiger partial charge < -0.3 is 10.1 Å². The molecular weight excluding hydrogens is 430 g/mol. The smallest absolute Gasteiger partial charge is 0.341 e. The van der Waals surface area contributed by atoms with Crippen LogP contribution in [0.1, 0.15) is 76.9 Å². The molecule has 0 atom stereocenters. The van der Waals surface area contributed by atoms with Crippen molar-refractivity contribution >= 4 is 28.2 Å². The summed E-state index contributed by atoms with van der Waals surface area (Å²) in [6, 6.07) is 20.2. The van der Waals surface area contributed by atoms with Crippen LogP contribution >= 0.6 is 11.3 Å². The Hall–Kier alpha value is -2.92. The normalized spacial score (nSPS) is 13.6. The average Bonchev–Trinajstić information content (AvgIpc) is 3.14. The summed E-state index contributed by atoms with van der Waals surface area (Å²) in [4.78, 5) is 27.4. The maximum atomic E-state index is 13.3. The number of hydrogen-bond donors (Lipinski definition) is 1. The van der Waals surface area contributed by atoms with Crippen LogP contribution in [0.2, 0.25) is 0 Å². The minimum Gasteiger partial charge on any atom is -0.462 e. The average molecular weight is 462 g/mol. The molecule has 0 aliphatic heterocycles. The predicted molar refractivity (Wildman–Crippen MR) is 134 cm³/mol. The molecule has 3 aromatic rings. The number of rotatable bonds is 7. The highest BCUT2D eigenvalue weighted by Crippen LogP contribution is 2.38. The highest BCUT2D eigenvalue weighted by molar-refractivity contribution is 7.17. The van der Waals surface area contributed by atoms with Crippen molar-refractivity contribution in [1.82, 2.24) is 0 Å². The van der Waals surface area contributed by atoms with Gasteiger partial charge in [-0.3, -0.25) is 4.79 Å². The summed E-state index contributed by atoms with van der Waals surface area (Å²) in [6.45, 7) is 2.14. The number of carbonyl (C=O) groups excluding carboxylic acids is 2. The van der Waals surface area contributed by atoms with Gasteiger partial charge >= 0.3 is 5.97 Å². The summed E-state index contributed by atoms with van der Waals surface area (Å²) in [7, 11) is 0. The lowest BCUT2D eigenvalue weighted by Crippen LogP contribution is -2.18. The van der Waals surface area contributed by atoms with Gasteiger partial charge in [-0.25, -0.2) is 4.79 Å². The molecule has 1 aliphatic rings. The molecule has 1 aromatic heterocycles. The Kier molecular flexibility index (Phi) is 7.95. The van der Waals surface area contributed by atoms with E-state index in [-0.39, 0.29) is 17.8 Å². The van der Waals surface area contributed by atoms with E-state index in [1.165, 1.54) is 17.7 Å². The molecule has 4 rings (SSSR count). The molecule has 5 heteroatoms. The van der Waals surface area contributed by atoms with Crippen LogP contribution < -0.4 is 5.32 Å². The van der Waals surface area contributed by atoms with E-state index in [0.717, 1.165) is 42.4 Å². The van der Waals surface area contributed by atoms with Crippen LogP contribution in [-0.2, 0) is 22.4 Å². The predicted octanol–water partition coefficient (Wildman–Crippen LogP) is 6.74. The van der Waals surface area contributed by atoms with Crippen molar-refractivity contribution in [3.8, 4) is 0 Å². The Labute approximate surface area is 200 Å². The van der Waals surface area contributed by atoms with Gasteiger partial charge in [0.25, 0.3) is 0 Å². The highest BCUT2D eigenvalue weighted by Gasteiger charge is 2.27. The monoisotopic (exact) mass is 461 g/mol. The zero-order valence-corrected chi connectivity index (χ0v) is 20.0. The summed E-state index contributed by atoms with van der Waals surface area (Å²) in [6.07, 6.45) is 6.70. The van der Waals surface area contributed by atoms with Crippen molar-refractivity contribution in [2.45, 2.75) is 57.8 Å². The van der Waals surface area contributed by atoms with Crippen molar-refractivity contribution in [1.29, 1.82) is 0 Å². The second-order valence-corrected chi connectivity index (χ2v) is 9.57. The Morgan fingerprint density at radius 1 is 0.909 bits per heavy atom. The van der Waals surface area contributed by atoms with Crippen molar-refractivity contribution in [3.63, 3.8) is 0 Å². The number of anilines is 1. The van der Waals surface area contributed by atoms with Gasteiger partial charge in [0.15, 0.2) is 0 Å². The number of amides is 1. The Balaban J connectivity index is 1.61. The van der Waals surface area contributed by atoms with E-state index in [1.807, 2.05) is 43.3 Å². The maximum Gasteiger partial charge on any atom is 0.341 e. The molecule has 0 bridgehead atoms. The quantitative estimate of drug-likeness (QED) is 0.396. The minimum absolute atomic E-state index is 0.0561. The molecule has 0 radical (unpaired) electrons. The molecule has 1 heterocycles. The standard InChI is InChI=1S/C28H31NO3S/c1-2-32-28(31)26-22-17-11-3-4-12-18-24(22)33-27(26)29-25(30)19-23(20-13-7-5-8-14-20)21-15-9-6-10-16-21/h5-10,13-16,23H,2-4,11-12,17-19H2,1H3,(H,29,30). The number of hydrogen-bond acceptors (Lipinski definition) is 4. The fourth-order valence-corrected chi connectivity index (χ4v) is 5.88. The van der Waals surface area contributed by atoms with Gasteiger partial charge in [0.2, 0.25) is 5.91 Å². The number of aryl methyl sites for hydroxylation is 1. The molecule has 1 amide bonds. The molecular formula is C28H31NO3S. The zero-order valence-electron chi connectivity index (χ0n) is 19.1. The topological polar surface area (TPSA) is 55.4 Å². The second kappa shape index (κ2) is 11.3. The molecule has 0 saturated carbocycles. The number of ether oxygens (including phenoxy) is 1. The van der Waals surface area contributed by atoms with Gasteiger partial charge in [0.05, 0.1) is 12.2 Å². The van der Waals surface area contributed by atoms with Crippen LogP contribution in [-0.4, -0.2) is 18.5 Å². The molecule has 1 N–H and O–H groups in total. The first-order valence-corrected chi connectivity index (χ1v) is 12.7. The summed E-state index contributed by atoms with van der Waals surface area (Å²) < 4.78 is 5.38. The molecule has 172 valence electrons. The highest BCUT2D eigenvalue weighted by atomic mass is 32.1. The van der Waals surface area contributed by atoms with Crippen molar-refractivity contribution in [2.75, 3.05) is 11.9 Å². The molecule has 0 unspecified atom stereocenters.